The molecule has 8 heteroatoms. The van der Waals surface area contributed by atoms with Gasteiger partial charge in [0.15, 0.2) is 0 Å². The van der Waals surface area contributed by atoms with Gasteiger partial charge in [-0.15, -0.1) is 0 Å². The second-order valence-electron chi connectivity index (χ2n) is 5.84. The number of carbonyl (C=O) groups excluding carboxylic acids is 1. The second-order valence-corrected chi connectivity index (χ2v) is 5.84. The Balaban J connectivity index is 1.67. The Hall–Kier alpha value is -2.48. The number of aromatic nitrogens is 4. The van der Waals surface area contributed by atoms with E-state index in [9.17, 15) is 9.59 Å². The predicted octanol–water partition coefficient (Wildman–Crippen LogP) is 0.655. The van der Waals surface area contributed by atoms with Gasteiger partial charge in [-0.2, -0.15) is 0 Å². The Kier molecular flexibility index (Phi) is 5.05. The normalized spacial score (nSPS) is 17.9. The highest BCUT2D eigenvalue weighted by molar-refractivity contribution is 5.76. The van der Waals surface area contributed by atoms with Crippen molar-refractivity contribution in [2.75, 3.05) is 19.8 Å². The summed E-state index contributed by atoms with van der Waals surface area (Å²) in [7, 11) is 0. The van der Waals surface area contributed by atoms with Crippen molar-refractivity contribution in [3.63, 3.8) is 0 Å². The van der Waals surface area contributed by atoms with Crippen LogP contribution in [0.2, 0.25) is 0 Å². The van der Waals surface area contributed by atoms with Crippen molar-refractivity contribution in [3.8, 4) is 0 Å². The molecule has 1 saturated heterocycles. The van der Waals surface area contributed by atoms with E-state index in [1.54, 1.807) is 24.3 Å². The number of morpholine rings is 1. The van der Waals surface area contributed by atoms with Crippen LogP contribution >= 0.6 is 0 Å². The Morgan fingerprint density at radius 1 is 1.50 bits per heavy atom. The third-order valence-corrected chi connectivity index (χ3v) is 4.04. The number of aromatic amines is 1. The van der Waals surface area contributed by atoms with E-state index < -0.39 is 0 Å². The summed E-state index contributed by atoms with van der Waals surface area (Å²) < 4.78 is 7.45. The maximum Gasteiger partial charge on any atom is 0.251 e. The summed E-state index contributed by atoms with van der Waals surface area (Å²) in [6, 6.07) is 1.14. The number of amides is 1. The lowest BCUT2D eigenvalue weighted by atomic mass is 10.1. The number of carbonyl (C=O) groups is 1. The summed E-state index contributed by atoms with van der Waals surface area (Å²) in [6.45, 7) is 3.87. The molecule has 3 heterocycles. The Morgan fingerprint density at radius 2 is 2.38 bits per heavy atom. The van der Waals surface area contributed by atoms with Crippen LogP contribution in [0.1, 0.15) is 30.4 Å². The van der Waals surface area contributed by atoms with Crippen molar-refractivity contribution in [1.29, 1.82) is 0 Å². The van der Waals surface area contributed by atoms with Gasteiger partial charge in [0.25, 0.3) is 5.56 Å². The van der Waals surface area contributed by atoms with Crippen LogP contribution in [0.25, 0.3) is 0 Å². The van der Waals surface area contributed by atoms with Gasteiger partial charge in [-0.05, 0) is 13.3 Å². The van der Waals surface area contributed by atoms with Crippen LogP contribution in [0.4, 0.5) is 0 Å². The molecule has 1 amide bonds. The van der Waals surface area contributed by atoms with E-state index >= 15 is 0 Å². The maximum atomic E-state index is 12.6. The Morgan fingerprint density at radius 3 is 3.12 bits per heavy atom. The van der Waals surface area contributed by atoms with E-state index in [-0.39, 0.29) is 17.5 Å². The first kappa shape index (κ1) is 16.4. The van der Waals surface area contributed by atoms with Gasteiger partial charge in [0.1, 0.15) is 5.82 Å². The zero-order valence-corrected chi connectivity index (χ0v) is 13.6. The van der Waals surface area contributed by atoms with E-state index in [1.165, 1.54) is 6.07 Å². The molecule has 0 radical (unpaired) electrons. The lowest BCUT2D eigenvalue weighted by Crippen LogP contribution is -2.44. The minimum Gasteiger partial charge on any atom is -0.377 e. The number of hydrogen-bond donors (Lipinski definition) is 1. The first-order valence-electron chi connectivity index (χ1n) is 8.04. The second kappa shape index (κ2) is 7.39. The number of ether oxygens (including phenoxy) is 1. The van der Waals surface area contributed by atoms with Crippen LogP contribution in [0.3, 0.4) is 0 Å². The lowest BCUT2D eigenvalue weighted by Gasteiger charge is -2.35. The maximum absolute atomic E-state index is 12.6. The molecule has 24 heavy (non-hydrogen) atoms. The molecule has 1 atom stereocenters. The molecule has 0 aromatic carbocycles. The average Bonchev–Trinajstić information content (AvgIpc) is 3.07. The molecule has 2 aromatic rings. The van der Waals surface area contributed by atoms with E-state index in [2.05, 4.69) is 15.0 Å². The molecule has 1 aliphatic rings. The van der Waals surface area contributed by atoms with Crippen LogP contribution in [-0.2, 0) is 16.1 Å². The molecule has 0 unspecified atom stereocenters. The van der Waals surface area contributed by atoms with Crippen LogP contribution in [0.5, 0.6) is 0 Å². The van der Waals surface area contributed by atoms with Crippen molar-refractivity contribution in [1.82, 2.24) is 24.4 Å². The highest BCUT2D eigenvalue weighted by atomic mass is 16.5. The number of aryl methyl sites for hydroxylation is 2. The fraction of sp³-hybridized carbons (Fsp3) is 0.500. The third kappa shape index (κ3) is 3.88. The summed E-state index contributed by atoms with van der Waals surface area (Å²) in [4.78, 5) is 37.1. The SMILES string of the molecule is Cc1nc([C@@H]2COCCN2C(=O)CCCn2ccnc2)cc(=O)[nH]1. The number of hydrogen-bond acceptors (Lipinski definition) is 5. The van der Waals surface area contributed by atoms with Crippen molar-refractivity contribution in [2.45, 2.75) is 32.4 Å². The van der Waals surface area contributed by atoms with E-state index in [1.807, 2.05) is 10.8 Å². The highest BCUT2D eigenvalue weighted by Gasteiger charge is 2.29. The van der Waals surface area contributed by atoms with Gasteiger partial charge in [0, 0.05) is 38.0 Å². The van der Waals surface area contributed by atoms with Crippen LogP contribution in [0, 0.1) is 6.92 Å². The van der Waals surface area contributed by atoms with Crippen LogP contribution in [-0.4, -0.2) is 50.1 Å². The van der Waals surface area contributed by atoms with Crippen molar-refractivity contribution >= 4 is 5.91 Å². The van der Waals surface area contributed by atoms with Crippen LogP contribution in [0.15, 0.2) is 29.6 Å². The topological polar surface area (TPSA) is 93.1 Å². The predicted molar refractivity (Wildman–Crippen MR) is 86.3 cm³/mol. The summed E-state index contributed by atoms with van der Waals surface area (Å²) in [5.41, 5.74) is 0.370. The fourth-order valence-electron chi connectivity index (χ4n) is 2.90. The monoisotopic (exact) mass is 331 g/mol. The summed E-state index contributed by atoms with van der Waals surface area (Å²) in [6.07, 6.45) is 6.52. The summed E-state index contributed by atoms with van der Waals surface area (Å²) >= 11 is 0. The number of nitrogens with zero attached hydrogens (tertiary/aromatic N) is 4. The van der Waals surface area contributed by atoms with Gasteiger partial charge in [0.2, 0.25) is 5.91 Å². The average molecular weight is 331 g/mol. The number of H-pyrrole nitrogens is 1. The van der Waals surface area contributed by atoms with Gasteiger partial charge >= 0.3 is 0 Å². The molecule has 8 nitrogen and oxygen atoms in total. The summed E-state index contributed by atoms with van der Waals surface area (Å²) in [5, 5.41) is 0. The molecule has 0 aliphatic carbocycles. The largest absolute Gasteiger partial charge is 0.377 e. The highest BCUT2D eigenvalue weighted by Crippen LogP contribution is 2.23. The number of imidazole rings is 1. The lowest BCUT2D eigenvalue weighted by molar-refractivity contribution is -0.140. The fourth-order valence-corrected chi connectivity index (χ4v) is 2.90. The van der Waals surface area contributed by atoms with Crippen molar-refractivity contribution < 1.29 is 9.53 Å². The van der Waals surface area contributed by atoms with Crippen molar-refractivity contribution in [3.05, 3.63) is 46.7 Å². The molecular weight excluding hydrogens is 310 g/mol. The minimum atomic E-state index is -0.305. The standard InChI is InChI=1S/C16H21N5O3/c1-12-18-13(9-15(22)19-12)14-10-24-8-7-21(14)16(23)3-2-5-20-6-4-17-11-20/h4,6,9,11,14H,2-3,5,7-8,10H2,1H3,(H,18,19,22)/t14-/m0/s1. The molecule has 3 rings (SSSR count). The molecule has 1 aliphatic heterocycles. The molecule has 0 spiro atoms. The van der Waals surface area contributed by atoms with Gasteiger partial charge in [0.05, 0.1) is 31.3 Å². The molecule has 1 N–H and O–H groups in total. The molecule has 1 fully saturated rings. The molecule has 0 bridgehead atoms. The number of nitrogens with one attached hydrogen (secondary N) is 1. The van der Waals surface area contributed by atoms with Crippen LogP contribution < -0.4 is 5.56 Å². The minimum absolute atomic E-state index is 0.0585. The Labute approximate surface area is 139 Å². The smallest absolute Gasteiger partial charge is 0.251 e. The number of rotatable bonds is 5. The molecular formula is C16H21N5O3. The first-order valence-corrected chi connectivity index (χ1v) is 8.04. The quantitative estimate of drug-likeness (QED) is 0.868. The van der Waals surface area contributed by atoms with Crippen molar-refractivity contribution in [2.24, 2.45) is 0 Å². The zero-order valence-electron chi connectivity index (χ0n) is 13.6. The van der Waals surface area contributed by atoms with E-state index in [0.717, 1.165) is 13.0 Å². The third-order valence-electron chi connectivity index (χ3n) is 4.04. The summed E-state index contributed by atoms with van der Waals surface area (Å²) in [5.74, 6) is 0.596. The molecule has 2 aromatic heterocycles. The molecule has 0 saturated carbocycles. The van der Waals surface area contributed by atoms with Gasteiger partial charge in [-0.1, -0.05) is 0 Å². The van der Waals surface area contributed by atoms with E-state index in [0.29, 0.717) is 37.7 Å². The Bertz CT molecular complexity index is 740. The zero-order chi connectivity index (χ0) is 16.9. The van der Waals surface area contributed by atoms with Gasteiger partial charge in [-0.25, -0.2) is 9.97 Å². The van der Waals surface area contributed by atoms with E-state index in [4.69, 9.17) is 4.74 Å². The van der Waals surface area contributed by atoms with Gasteiger partial charge in [-0.3, -0.25) is 9.59 Å². The van der Waals surface area contributed by atoms with Gasteiger partial charge < -0.3 is 19.2 Å². The molecule has 128 valence electrons. The first-order chi connectivity index (χ1) is 11.6.